The van der Waals surface area contributed by atoms with E-state index in [1.165, 1.54) is 6.20 Å². The Balaban J connectivity index is 1.47. The number of ether oxygens (including phenoxy) is 1. The number of carboxylic acids is 1. The normalized spacial score (nSPS) is 22.3. The summed E-state index contributed by atoms with van der Waals surface area (Å²) in [6.07, 6.45) is 1.94. The number of nitrogens with zero attached hydrogens (tertiary/aromatic N) is 3. The van der Waals surface area contributed by atoms with Gasteiger partial charge in [0.25, 0.3) is 0 Å². The lowest BCUT2D eigenvalue weighted by atomic mass is 9.90. The number of esters is 1. The minimum absolute atomic E-state index is 0.0132. The average Bonchev–Trinajstić information content (AvgIpc) is 3.02. The topological polar surface area (TPSA) is 112 Å². The molecule has 0 radical (unpaired) electrons. The molecule has 3 heterocycles. The molecule has 3 rings (SSSR count). The molecule has 1 atom stereocenters. The number of amides is 2. The van der Waals surface area contributed by atoms with E-state index in [1.54, 1.807) is 30.9 Å². The zero-order valence-electron chi connectivity index (χ0n) is 15.5. The lowest BCUT2D eigenvalue weighted by molar-refractivity contribution is -0.147. The van der Waals surface area contributed by atoms with Crippen LogP contribution in [0.3, 0.4) is 0 Å². The van der Waals surface area contributed by atoms with Crippen molar-refractivity contribution in [3.63, 3.8) is 0 Å². The maximum atomic E-state index is 12.3. The Labute approximate surface area is 157 Å². The maximum Gasteiger partial charge on any atom is 0.339 e. The number of anilines is 1. The van der Waals surface area contributed by atoms with E-state index in [2.05, 4.69) is 10.3 Å². The number of rotatable bonds is 5. The van der Waals surface area contributed by atoms with Gasteiger partial charge in [-0.15, -0.1) is 0 Å². The van der Waals surface area contributed by atoms with Crippen LogP contribution in [0.25, 0.3) is 0 Å². The standard InChI is InChI=1S/C18H24N4O5/c1-3-27-15(23)12-4-5-14(19-8-12)22-9-13(10-22)20-17(26)21-7-6-18(2,11-21)16(24)25/h4-5,8,13H,3,6-7,9-11H2,1-2H3,(H,20,26)(H,24,25). The van der Waals surface area contributed by atoms with Crippen LogP contribution >= 0.6 is 0 Å². The molecule has 9 heteroatoms. The van der Waals surface area contributed by atoms with E-state index in [0.29, 0.717) is 38.2 Å². The van der Waals surface area contributed by atoms with Gasteiger partial charge in [0, 0.05) is 32.4 Å². The quantitative estimate of drug-likeness (QED) is 0.736. The van der Waals surface area contributed by atoms with Crippen molar-refractivity contribution in [2.24, 2.45) is 5.41 Å². The first-order chi connectivity index (χ1) is 12.8. The lowest BCUT2D eigenvalue weighted by Gasteiger charge is -2.41. The van der Waals surface area contributed by atoms with Gasteiger partial charge in [0.05, 0.1) is 23.6 Å². The zero-order valence-corrected chi connectivity index (χ0v) is 15.5. The number of aliphatic carboxylic acids is 1. The molecule has 1 aromatic heterocycles. The van der Waals surface area contributed by atoms with Crippen LogP contribution in [-0.4, -0.2) is 71.8 Å². The number of hydrogen-bond acceptors (Lipinski definition) is 6. The highest BCUT2D eigenvalue weighted by molar-refractivity contribution is 5.89. The van der Waals surface area contributed by atoms with E-state index in [0.717, 1.165) is 5.82 Å². The molecule has 0 aromatic carbocycles. The number of likely N-dealkylation sites (tertiary alicyclic amines) is 1. The SMILES string of the molecule is CCOC(=O)c1ccc(N2CC(NC(=O)N3CCC(C)(C(=O)O)C3)C2)nc1. The van der Waals surface area contributed by atoms with E-state index >= 15 is 0 Å². The second kappa shape index (κ2) is 7.42. The Morgan fingerprint density at radius 1 is 1.37 bits per heavy atom. The highest BCUT2D eigenvalue weighted by Gasteiger charge is 2.43. The van der Waals surface area contributed by atoms with Crippen LogP contribution in [0.15, 0.2) is 18.3 Å². The Kier molecular flexibility index (Phi) is 5.20. The minimum Gasteiger partial charge on any atom is -0.481 e. The molecule has 2 aliphatic rings. The molecule has 9 nitrogen and oxygen atoms in total. The molecule has 27 heavy (non-hydrogen) atoms. The number of carbonyl (C=O) groups excluding carboxylic acids is 2. The third-order valence-corrected chi connectivity index (χ3v) is 5.07. The van der Waals surface area contributed by atoms with Gasteiger partial charge in [0.15, 0.2) is 0 Å². The fourth-order valence-electron chi connectivity index (χ4n) is 3.24. The number of carbonyl (C=O) groups is 3. The number of aromatic nitrogens is 1. The van der Waals surface area contributed by atoms with Gasteiger partial charge in [-0.3, -0.25) is 4.79 Å². The van der Waals surface area contributed by atoms with E-state index in [9.17, 15) is 19.5 Å². The Morgan fingerprint density at radius 3 is 2.67 bits per heavy atom. The smallest absolute Gasteiger partial charge is 0.339 e. The number of nitrogens with one attached hydrogen (secondary N) is 1. The summed E-state index contributed by atoms with van der Waals surface area (Å²) < 4.78 is 4.93. The van der Waals surface area contributed by atoms with Crippen LogP contribution < -0.4 is 10.2 Å². The molecule has 0 saturated carbocycles. The van der Waals surface area contributed by atoms with E-state index in [1.807, 2.05) is 4.90 Å². The molecule has 0 bridgehead atoms. The molecule has 1 aromatic rings. The molecule has 146 valence electrons. The third kappa shape index (κ3) is 3.96. The van der Waals surface area contributed by atoms with E-state index in [4.69, 9.17) is 4.74 Å². The summed E-state index contributed by atoms with van der Waals surface area (Å²) in [5.41, 5.74) is -0.463. The van der Waals surface area contributed by atoms with Crippen molar-refractivity contribution >= 4 is 23.8 Å². The van der Waals surface area contributed by atoms with Crippen molar-refractivity contribution in [3.8, 4) is 0 Å². The van der Waals surface area contributed by atoms with Gasteiger partial charge in [0.1, 0.15) is 5.82 Å². The van der Waals surface area contributed by atoms with Gasteiger partial charge >= 0.3 is 18.0 Å². The molecule has 2 aliphatic heterocycles. The van der Waals surface area contributed by atoms with Crippen LogP contribution in [0.1, 0.15) is 30.6 Å². The predicted octanol–water partition coefficient (Wildman–Crippen LogP) is 0.953. The highest BCUT2D eigenvalue weighted by Crippen LogP contribution is 2.30. The van der Waals surface area contributed by atoms with Gasteiger partial charge in [-0.05, 0) is 32.4 Å². The molecule has 0 spiro atoms. The highest BCUT2D eigenvalue weighted by atomic mass is 16.5. The predicted molar refractivity (Wildman–Crippen MR) is 96.7 cm³/mol. The number of carboxylic acid groups (broad SMARTS) is 1. The molecule has 2 amide bonds. The number of pyridine rings is 1. The first-order valence-corrected chi connectivity index (χ1v) is 8.99. The fourth-order valence-corrected chi connectivity index (χ4v) is 3.24. The first kappa shape index (κ1) is 18.9. The summed E-state index contributed by atoms with van der Waals surface area (Å²) in [6, 6.07) is 3.18. The van der Waals surface area contributed by atoms with Crippen LogP contribution in [0.5, 0.6) is 0 Å². The van der Waals surface area contributed by atoms with Gasteiger partial charge in [-0.1, -0.05) is 0 Å². The molecular weight excluding hydrogens is 352 g/mol. The number of urea groups is 1. The van der Waals surface area contributed by atoms with Crippen molar-refractivity contribution in [1.29, 1.82) is 0 Å². The second-order valence-corrected chi connectivity index (χ2v) is 7.21. The molecule has 2 saturated heterocycles. The van der Waals surface area contributed by atoms with E-state index < -0.39 is 17.4 Å². The van der Waals surface area contributed by atoms with Crippen LogP contribution in [0.2, 0.25) is 0 Å². The first-order valence-electron chi connectivity index (χ1n) is 8.99. The van der Waals surface area contributed by atoms with Crippen molar-refractivity contribution in [1.82, 2.24) is 15.2 Å². The molecular formula is C18H24N4O5. The Bertz CT molecular complexity index is 732. The molecule has 2 fully saturated rings. The summed E-state index contributed by atoms with van der Waals surface area (Å²) in [6.45, 7) is 5.63. The van der Waals surface area contributed by atoms with Crippen molar-refractivity contribution < 1.29 is 24.2 Å². The Hall–Kier alpha value is -2.84. The van der Waals surface area contributed by atoms with Crippen molar-refractivity contribution in [3.05, 3.63) is 23.9 Å². The second-order valence-electron chi connectivity index (χ2n) is 7.21. The Morgan fingerprint density at radius 2 is 2.11 bits per heavy atom. The summed E-state index contributed by atoms with van der Waals surface area (Å²) >= 11 is 0. The van der Waals surface area contributed by atoms with Crippen LogP contribution in [0.4, 0.5) is 10.6 Å². The summed E-state index contributed by atoms with van der Waals surface area (Å²) in [5, 5.41) is 12.2. The summed E-state index contributed by atoms with van der Waals surface area (Å²) in [5.74, 6) is -0.539. The largest absolute Gasteiger partial charge is 0.481 e. The molecule has 1 unspecified atom stereocenters. The van der Waals surface area contributed by atoms with Gasteiger partial charge in [0.2, 0.25) is 0 Å². The monoisotopic (exact) mass is 376 g/mol. The molecule has 2 N–H and O–H groups in total. The minimum atomic E-state index is -0.870. The molecule has 0 aliphatic carbocycles. The summed E-state index contributed by atoms with van der Waals surface area (Å²) in [4.78, 5) is 43.1. The van der Waals surface area contributed by atoms with Gasteiger partial charge in [-0.2, -0.15) is 0 Å². The van der Waals surface area contributed by atoms with E-state index in [-0.39, 0.29) is 18.6 Å². The third-order valence-electron chi connectivity index (χ3n) is 5.07. The van der Waals surface area contributed by atoms with Gasteiger partial charge < -0.3 is 25.0 Å². The van der Waals surface area contributed by atoms with Crippen molar-refractivity contribution in [2.45, 2.75) is 26.3 Å². The van der Waals surface area contributed by atoms with Gasteiger partial charge in [-0.25, -0.2) is 14.6 Å². The number of hydrogen-bond donors (Lipinski definition) is 2. The fraction of sp³-hybridized carbons (Fsp3) is 0.556. The lowest BCUT2D eigenvalue weighted by Crippen LogP contribution is -2.61. The summed E-state index contributed by atoms with van der Waals surface area (Å²) in [7, 11) is 0. The maximum absolute atomic E-state index is 12.3. The van der Waals surface area contributed by atoms with Crippen LogP contribution in [-0.2, 0) is 9.53 Å². The average molecular weight is 376 g/mol. The zero-order chi connectivity index (χ0) is 19.6. The van der Waals surface area contributed by atoms with Crippen molar-refractivity contribution in [2.75, 3.05) is 37.7 Å². The van der Waals surface area contributed by atoms with Crippen LogP contribution in [0, 0.1) is 5.41 Å².